The van der Waals surface area contributed by atoms with E-state index in [2.05, 4.69) is 21.2 Å². The maximum atomic E-state index is 13.2. The summed E-state index contributed by atoms with van der Waals surface area (Å²) in [6.07, 6.45) is 2.41. The van der Waals surface area contributed by atoms with E-state index < -0.39 is 11.6 Å². The van der Waals surface area contributed by atoms with Crippen LogP contribution in [0.4, 0.5) is 10.5 Å². The van der Waals surface area contributed by atoms with Gasteiger partial charge < -0.3 is 19.4 Å². The number of carbonyl (C=O) groups excluding carboxylic acids is 4. The molecule has 10 nitrogen and oxygen atoms in total. The van der Waals surface area contributed by atoms with Crippen LogP contribution in [0.3, 0.4) is 0 Å². The molecule has 0 aliphatic carbocycles. The molecule has 10 heteroatoms. The number of anilines is 1. The number of benzene rings is 1. The first-order valence-electron chi connectivity index (χ1n) is 13.8. The third-order valence-electron chi connectivity index (χ3n) is 8.03. The highest BCUT2D eigenvalue weighted by Gasteiger charge is 2.39. The van der Waals surface area contributed by atoms with Crippen molar-refractivity contribution in [1.29, 1.82) is 0 Å². The van der Waals surface area contributed by atoms with Crippen molar-refractivity contribution < 1.29 is 23.9 Å². The fourth-order valence-corrected chi connectivity index (χ4v) is 5.92. The quantitative estimate of drug-likeness (QED) is 0.602. The first kappa shape index (κ1) is 26.5. The molecule has 1 unspecified atom stereocenters. The summed E-state index contributed by atoms with van der Waals surface area (Å²) in [5.41, 5.74) is 2.16. The summed E-state index contributed by atoms with van der Waals surface area (Å²) in [6, 6.07) is 5.45. The molecule has 4 amide bonds. The van der Waals surface area contributed by atoms with Gasteiger partial charge in [0.05, 0.1) is 0 Å². The van der Waals surface area contributed by atoms with Crippen LogP contribution in [-0.2, 0) is 20.9 Å². The fraction of sp³-hybridized carbons (Fsp3) is 0.643. The van der Waals surface area contributed by atoms with E-state index in [0.717, 1.165) is 69.9 Å². The van der Waals surface area contributed by atoms with Crippen LogP contribution < -0.4 is 10.2 Å². The van der Waals surface area contributed by atoms with Crippen molar-refractivity contribution in [3.63, 3.8) is 0 Å². The molecular weight excluding hydrogens is 486 g/mol. The molecule has 0 aromatic heterocycles. The van der Waals surface area contributed by atoms with Crippen molar-refractivity contribution in [3.05, 3.63) is 29.3 Å². The largest absolute Gasteiger partial charge is 0.444 e. The number of carbonyl (C=O) groups is 4. The van der Waals surface area contributed by atoms with Gasteiger partial charge in [0.25, 0.3) is 5.91 Å². The Morgan fingerprint density at radius 1 is 1.00 bits per heavy atom. The average molecular weight is 526 g/mol. The number of amides is 4. The van der Waals surface area contributed by atoms with Crippen molar-refractivity contribution in [2.45, 2.75) is 64.6 Å². The van der Waals surface area contributed by atoms with E-state index in [1.165, 1.54) is 0 Å². The summed E-state index contributed by atoms with van der Waals surface area (Å²) < 4.78 is 5.51. The zero-order valence-corrected chi connectivity index (χ0v) is 22.7. The predicted octanol–water partition coefficient (Wildman–Crippen LogP) is 2.22. The van der Waals surface area contributed by atoms with Gasteiger partial charge in [-0.3, -0.25) is 24.6 Å². The van der Waals surface area contributed by atoms with E-state index in [-0.39, 0.29) is 30.2 Å². The van der Waals surface area contributed by atoms with E-state index in [1.54, 1.807) is 4.90 Å². The predicted molar refractivity (Wildman–Crippen MR) is 142 cm³/mol. The minimum Gasteiger partial charge on any atom is -0.444 e. The summed E-state index contributed by atoms with van der Waals surface area (Å²) in [5, 5.41) is 2.36. The Hall–Kier alpha value is -3.14. The van der Waals surface area contributed by atoms with Gasteiger partial charge in [0.2, 0.25) is 11.8 Å². The Bertz CT molecular complexity index is 1100. The topological polar surface area (TPSA) is 102 Å². The van der Waals surface area contributed by atoms with Gasteiger partial charge in [0.1, 0.15) is 11.6 Å². The zero-order valence-electron chi connectivity index (χ0n) is 22.7. The zero-order chi connectivity index (χ0) is 27.0. The molecule has 4 aliphatic rings. The molecule has 5 rings (SSSR count). The van der Waals surface area contributed by atoms with Gasteiger partial charge in [-0.2, -0.15) is 0 Å². The van der Waals surface area contributed by atoms with Crippen molar-refractivity contribution in [2.75, 3.05) is 50.7 Å². The number of likely N-dealkylation sites (tertiary alicyclic amines) is 1. The first-order valence-corrected chi connectivity index (χ1v) is 13.8. The summed E-state index contributed by atoms with van der Waals surface area (Å²) in [5.74, 6) is -0.207. The van der Waals surface area contributed by atoms with Crippen LogP contribution in [0.5, 0.6) is 0 Å². The maximum Gasteiger partial charge on any atom is 0.410 e. The number of ether oxygens (including phenoxy) is 1. The van der Waals surface area contributed by atoms with Crippen molar-refractivity contribution in [2.24, 2.45) is 5.92 Å². The second-order valence-electron chi connectivity index (χ2n) is 11.9. The second kappa shape index (κ2) is 10.6. The molecule has 1 aromatic carbocycles. The molecule has 1 N–H and O–H groups in total. The molecule has 1 atom stereocenters. The van der Waals surface area contributed by atoms with Crippen LogP contribution in [0, 0.1) is 5.92 Å². The number of piperazine rings is 1. The lowest BCUT2D eigenvalue weighted by atomic mass is 9.96. The van der Waals surface area contributed by atoms with Crippen molar-refractivity contribution in [3.8, 4) is 0 Å². The summed E-state index contributed by atoms with van der Waals surface area (Å²) in [7, 11) is 0. The number of rotatable bonds is 4. The molecule has 0 radical (unpaired) electrons. The fourth-order valence-electron chi connectivity index (χ4n) is 5.92. The van der Waals surface area contributed by atoms with Crippen molar-refractivity contribution in [1.82, 2.24) is 20.0 Å². The summed E-state index contributed by atoms with van der Waals surface area (Å²) in [4.78, 5) is 57.6. The number of nitrogens with one attached hydrogen (secondary N) is 1. The standard InChI is InChI=1S/C28H39N5O5/c1-28(2,3)38-27(37)32-10-8-19(9-11-32)17-30-12-14-31(15-13-30)21-5-4-20-18-33(26(36)22(20)16-21)23-6-7-24(34)29-25(23)35/h4-5,16,19,23H,6-15,17-18H2,1-3H3,(H,29,34,35). The van der Waals surface area contributed by atoms with Gasteiger partial charge in [0.15, 0.2) is 0 Å². The van der Waals surface area contributed by atoms with Gasteiger partial charge in [-0.25, -0.2) is 4.79 Å². The van der Waals surface area contributed by atoms with Gasteiger partial charge >= 0.3 is 6.09 Å². The lowest BCUT2D eigenvalue weighted by Crippen LogP contribution is -2.52. The molecule has 0 bridgehead atoms. The average Bonchev–Trinajstić information content (AvgIpc) is 3.19. The number of hydrogen-bond donors (Lipinski definition) is 1. The van der Waals surface area contributed by atoms with E-state index in [1.807, 2.05) is 37.8 Å². The number of hydrogen-bond acceptors (Lipinski definition) is 7. The summed E-state index contributed by atoms with van der Waals surface area (Å²) >= 11 is 0. The Labute approximate surface area is 224 Å². The maximum absolute atomic E-state index is 13.2. The van der Waals surface area contributed by atoms with Gasteiger partial charge in [0, 0.05) is 70.0 Å². The Kier molecular flexibility index (Phi) is 7.35. The number of piperidine rings is 2. The molecule has 38 heavy (non-hydrogen) atoms. The molecule has 0 spiro atoms. The monoisotopic (exact) mass is 525 g/mol. The molecule has 1 aromatic rings. The Balaban J connectivity index is 1.10. The van der Waals surface area contributed by atoms with E-state index in [4.69, 9.17) is 4.74 Å². The highest BCUT2D eigenvalue weighted by atomic mass is 16.6. The van der Waals surface area contributed by atoms with E-state index in [9.17, 15) is 19.2 Å². The molecule has 206 valence electrons. The normalized spacial score (nSPS) is 23.5. The van der Waals surface area contributed by atoms with Gasteiger partial charge in [-0.1, -0.05) is 6.07 Å². The number of fused-ring (bicyclic) bond motifs is 1. The molecule has 3 saturated heterocycles. The highest BCUT2D eigenvalue weighted by molar-refractivity contribution is 6.05. The highest BCUT2D eigenvalue weighted by Crippen LogP contribution is 2.31. The molecule has 4 heterocycles. The summed E-state index contributed by atoms with van der Waals surface area (Å²) in [6.45, 7) is 12.3. The molecular formula is C28H39N5O5. The molecule has 3 fully saturated rings. The number of nitrogens with zero attached hydrogens (tertiary/aromatic N) is 4. The SMILES string of the molecule is CC(C)(C)OC(=O)N1CCC(CN2CCN(c3ccc4c(c3)C(=O)N(C3CCC(=O)NC3=O)C4)CC2)CC1. The van der Waals surface area contributed by atoms with E-state index >= 15 is 0 Å². The smallest absolute Gasteiger partial charge is 0.410 e. The van der Waals surface area contributed by atoms with E-state index in [0.29, 0.717) is 24.4 Å². The Morgan fingerprint density at radius 2 is 1.71 bits per heavy atom. The Morgan fingerprint density at radius 3 is 2.37 bits per heavy atom. The second-order valence-corrected chi connectivity index (χ2v) is 11.9. The van der Waals surface area contributed by atoms with Crippen LogP contribution in [0.2, 0.25) is 0 Å². The van der Waals surface area contributed by atoms with Crippen LogP contribution in [-0.4, -0.2) is 96.0 Å². The third kappa shape index (κ3) is 5.80. The molecule has 4 aliphatic heterocycles. The van der Waals surface area contributed by atoms with Gasteiger partial charge in [-0.15, -0.1) is 0 Å². The number of imide groups is 1. The van der Waals surface area contributed by atoms with Crippen LogP contribution in [0.15, 0.2) is 18.2 Å². The molecule has 0 saturated carbocycles. The van der Waals surface area contributed by atoms with Crippen LogP contribution in [0.1, 0.15) is 62.4 Å². The van der Waals surface area contributed by atoms with Crippen molar-refractivity contribution >= 4 is 29.5 Å². The lowest BCUT2D eigenvalue weighted by Gasteiger charge is -2.39. The van der Waals surface area contributed by atoms with Crippen LogP contribution in [0.25, 0.3) is 0 Å². The first-order chi connectivity index (χ1) is 18.1. The van der Waals surface area contributed by atoms with Crippen LogP contribution >= 0.6 is 0 Å². The minimum atomic E-state index is -0.587. The lowest BCUT2D eigenvalue weighted by molar-refractivity contribution is -0.136. The minimum absolute atomic E-state index is 0.132. The third-order valence-corrected chi connectivity index (χ3v) is 8.03. The van der Waals surface area contributed by atoms with Gasteiger partial charge in [-0.05, 0) is 63.6 Å².